The zero-order chi connectivity index (χ0) is 12.5. The quantitative estimate of drug-likeness (QED) is 0.865. The van der Waals surface area contributed by atoms with E-state index in [4.69, 9.17) is 10.5 Å². The van der Waals surface area contributed by atoms with E-state index in [9.17, 15) is 0 Å². The SMILES string of the molecule is COCCc1ccc(C(N)C2CC3CC3C2)cc1. The fourth-order valence-corrected chi connectivity index (χ4v) is 3.45. The van der Waals surface area contributed by atoms with Crippen molar-refractivity contribution < 1.29 is 4.74 Å². The van der Waals surface area contributed by atoms with Gasteiger partial charge in [0.1, 0.15) is 0 Å². The van der Waals surface area contributed by atoms with E-state index in [-0.39, 0.29) is 6.04 Å². The summed E-state index contributed by atoms with van der Waals surface area (Å²) in [7, 11) is 1.75. The van der Waals surface area contributed by atoms with Crippen molar-refractivity contribution in [2.45, 2.75) is 31.7 Å². The maximum absolute atomic E-state index is 6.41. The van der Waals surface area contributed by atoms with Gasteiger partial charge in [-0.3, -0.25) is 0 Å². The Labute approximate surface area is 110 Å². The number of benzene rings is 1. The molecule has 3 unspecified atom stereocenters. The van der Waals surface area contributed by atoms with Gasteiger partial charge in [0.15, 0.2) is 0 Å². The lowest BCUT2D eigenvalue weighted by Crippen LogP contribution is -2.20. The normalized spacial score (nSPS) is 31.1. The van der Waals surface area contributed by atoms with Crippen LogP contribution in [0.5, 0.6) is 0 Å². The molecule has 2 aliphatic carbocycles. The number of rotatable bonds is 5. The highest BCUT2D eigenvalue weighted by atomic mass is 16.5. The molecule has 2 heteroatoms. The van der Waals surface area contributed by atoms with Crippen LogP contribution in [0.2, 0.25) is 0 Å². The highest BCUT2D eigenvalue weighted by Crippen LogP contribution is 2.56. The lowest BCUT2D eigenvalue weighted by atomic mass is 9.89. The molecule has 2 aliphatic rings. The molecule has 0 aromatic heterocycles. The molecule has 1 aromatic rings. The number of hydrogen-bond donors (Lipinski definition) is 1. The van der Waals surface area contributed by atoms with Crippen molar-refractivity contribution >= 4 is 0 Å². The van der Waals surface area contributed by atoms with Crippen molar-refractivity contribution in [3.8, 4) is 0 Å². The second-order valence-corrected chi connectivity index (χ2v) is 6.00. The summed E-state index contributed by atoms with van der Waals surface area (Å²) >= 11 is 0. The van der Waals surface area contributed by atoms with Crippen LogP contribution in [0, 0.1) is 17.8 Å². The average Bonchev–Trinajstić information content (AvgIpc) is 3.03. The molecule has 2 N–H and O–H groups in total. The molecule has 0 aliphatic heterocycles. The Kier molecular flexibility index (Phi) is 3.40. The van der Waals surface area contributed by atoms with Gasteiger partial charge in [-0.05, 0) is 54.6 Å². The van der Waals surface area contributed by atoms with Gasteiger partial charge >= 0.3 is 0 Å². The van der Waals surface area contributed by atoms with Crippen LogP contribution in [0.3, 0.4) is 0 Å². The third-order valence-electron chi connectivity index (χ3n) is 4.75. The maximum atomic E-state index is 6.41. The summed E-state index contributed by atoms with van der Waals surface area (Å²) in [5, 5.41) is 0. The number of hydrogen-bond acceptors (Lipinski definition) is 2. The minimum atomic E-state index is 0.245. The van der Waals surface area contributed by atoms with E-state index < -0.39 is 0 Å². The Hall–Kier alpha value is -0.860. The van der Waals surface area contributed by atoms with Crippen LogP contribution in [0.25, 0.3) is 0 Å². The molecule has 2 saturated carbocycles. The van der Waals surface area contributed by atoms with Gasteiger partial charge < -0.3 is 10.5 Å². The van der Waals surface area contributed by atoms with Crippen molar-refractivity contribution in [2.24, 2.45) is 23.5 Å². The van der Waals surface area contributed by atoms with Crippen molar-refractivity contribution in [3.05, 3.63) is 35.4 Å². The van der Waals surface area contributed by atoms with Crippen LogP contribution in [0.4, 0.5) is 0 Å². The van der Waals surface area contributed by atoms with Crippen LogP contribution < -0.4 is 5.73 Å². The fraction of sp³-hybridized carbons (Fsp3) is 0.625. The topological polar surface area (TPSA) is 35.2 Å². The second-order valence-electron chi connectivity index (χ2n) is 6.00. The molecule has 3 rings (SSSR count). The molecule has 2 fully saturated rings. The lowest BCUT2D eigenvalue weighted by molar-refractivity contribution is 0.202. The molecule has 2 nitrogen and oxygen atoms in total. The van der Waals surface area contributed by atoms with Crippen molar-refractivity contribution in [1.82, 2.24) is 0 Å². The highest BCUT2D eigenvalue weighted by molar-refractivity contribution is 5.26. The van der Waals surface area contributed by atoms with Crippen molar-refractivity contribution in [3.63, 3.8) is 0 Å². The zero-order valence-corrected chi connectivity index (χ0v) is 11.1. The highest BCUT2D eigenvalue weighted by Gasteiger charge is 2.47. The number of nitrogens with two attached hydrogens (primary N) is 1. The molecule has 18 heavy (non-hydrogen) atoms. The Morgan fingerprint density at radius 3 is 2.44 bits per heavy atom. The Bertz CT molecular complexity index is 390. The number of methoxy groups -OCH3 is 1. The molecule has 0 saturated heterocycles. The summed E-state index contributed by atoms with van der Waals surface area (Å²) in [5.74, 6) is 2.75. The van der Waals surface area contributed by atoms with Crippen LogP contribution in [-0.4, -0.2) is 13.7 Å². The molecule has 0 spiro atoms. The summed E-state index contributed by atoms with van der Waals surface area (Å²) in [5.41, 5.74) is 9.05. The van der Waals surface area contributed by atoms with Gasteiger partial charge in [0.25, 0.3) is 0 Å². The van der Waals surface area contributed by atoms with E-state index in [2.05, 4.69) is 24.3 Å². The van der Waals surface area contributed by atoms with E-state index >= 15 is 0 Å². The molecule has 1 aromatic carbocycles. The van der Waals surface area contributed by atoms with Gasteiger partial charge in [-0.25, -0.2) is 0 Å². The van der Waals surface area contributed by atoms with Crippen molar-refractivity contribution in [2.75, 3.05) is 13.7 Å². The van der Waals surface area contributed by atoms with Crippen LogP contribution in [0.15, 0.2) is 24.3 Å². The second kappa shape index (κ2) is 5.02. The van der Waals surface area contributed by atoms with E-state index in [0.717, 1.165) is 30.8 Å². The van der Waals surface area contributed by atoms with Crippen LogP contribution in [0.1, 0.15) is 36.4 Å². The van der Waals surface area contributed by atoms with E-state index in [0.29, 0.717) is 0 Å². The first kappa shape index (κ1) is 12.2. The monoisotopic (exact) mass is 245 g/mol. The minimum absolute atomic E-state index is 0.245. The maximum Gasteiger partial charge on any atom is 0.0502 e. The summed E-state index contributed by atoms with van der Waals surface area (Å²) in [4.78, 5) is 0. The predicted octanol–water partition coefficient (Wildman–Crippen LogP) is 2.92. The first-order valence-electron chi connectivity index (χ1n) is 7.11. The molecule has 98 valence electrons. The first-order valence-corrected chi connectivity index (χ1v) is 7.11. The molecule has 3 atom stereocenters. The smallest absolute Gasteiger partial charge is 0.0502 e. The fourth-order valence-electron chi connectivity index (χ4n) is 3.45. The number of ether oxygens (including phenoxy) is 1. The molecule has 0 bridgehead atoms. The molecular formula is C16H23NO. The minimum Gasteiger partial charge on any atom is -0.384 e. The van der Waals surface area contributed by atoms with E-state index in [1.165, 1.54) is 30.4 Å². The third kappa shape index (κ3) is 2.45. The van der Waals surface area contributed by atoms with E-state index in [1.807, 2.05) is 0 Å². The summed E-state index contributed by atoms with van der Waals surface area (Å²) < 4.78 is 5.10. The van der Waals surface area contributed by atoms with Gasteiger partial charge in [0.05, 0.1) is 6.61 Å². The molecular weight excluding hydrogens is 222 g/mol. The summed E-state index contributed by atoms with van der Waals surface area (Å²) in [6.45, 7) is 0.789. The van der Waals surface area contributed by atoms with Gasteiger partial charge in [0, 0.05) is 13.2 Å². The Morgan fingerprint density at radius 2 is 1.83 bits per heavy atom. The van der Waals surface area contributed by atoms with Crippen LogP contribution in [-0.2, 0) is 11.2 Å². The summed E-state index contributed by atoms with van der Waals surface area (Å²) in [6, 6.07) is 9.06. The molecule has 0 radical (unpaired) electrons. The van der Waals surface area contributed by atoms with Gasteiger partial charge in [-0.15, -0.1) is 0 Å². The Balaban J connectivity index is 1.61. The van der Waals surface area contributed by atoms with Gasteiger partial charge in [-0.1, -0.05) is 24.3 Å². The summed E-state index contributed by atoms with van der Waals surface area (Å²) in [6.07, 6.45) is 5.17. The van der Waals surface area contributed by atoms with Crippen molar-refractivity contribution in [1.29, 1.82) is 0 Å². The zero-order valence-electron chi connectivity index (χ0n) is 11.1. The largest absolute Gasteiger partial charge is 0.384 e. The number of fused-ring (bicyclic) bond motifs is 1. The van der Waals surface area contributed by atoms with E-state index in [1.54, 1.807) is 7.11 Å². The first-order chi connectivity index (χ1) is 8.78. The standard InChI is InChI=1S/C16H23NO/c1-18-7-6-11-2-4-12(5-3-11)16(17)15-9-13-8-14(13)10-15/h2-5,13-16H,6-10,17H2,1H3. The van der Waals surface area contributed by atoms with Gasteiger partial charge in [-0.2, -0.15) is 0 Å². The Morgan fingerprint density at radius 1 is 1.17 bits per heavy atom. The average molecular weight is 245 g/mol. The predicted molar refractivity (Wildman–Crippen MR) is 73.3 cm³/mol. The third-order valence-corrected chi connectivity index (χ3v) is 4.75. The molecule has 0 heterocycles. The van der Waals surface area contributed by atoms with Gasteiger partial charge in [0.2, 0.25) is 0 Å². The van der Waals surface area contributed by atoms with Crippen LogP contribution >= 0.6 is 0 Å². The molecule has 0 amide bonds. The lowest BCUT2D eigenvalue weighted by Gasteiger charge is -2.21.